The summed E-state index contributed by atoms with van der Waals surface area (Å²) in [6.45, 7) is 13.9. The van der Waals surface area contributed by atoms with Crippen molar-refractivity contribution in [3.8, 4) is 0 Å². The summed E-state index contributed by atoms with van der Waals surface area (Å²) >= 11 is 0. The number of nitrogens with one attached hydrogen (secondary N) is 1. The van der Waals surface area contributed by atoms with E-state index in [0.29, 0.717) is 5.41 Å². The molecule has 2 heteroatoms. The first-order valence-corrected chi connectivity index (χ1v) is 8.21. The Hall–Kier alpha value is -0.0800. The van der Waals surface area contributed by atoms with E-state index in [-0.39, 0.29) is 5.54 Å². The van der Waals surface area contributed by atoms with E-state index in [1.54, 1.807) is 0 Å². The van der Waals surface area contributed by atoms with Crippen molar-refractivity contribution in [2.24, 2.45) is 5.41 Å². The second kappa shape index (κ2) is 7.08. The van der Waals surface area contributed by atoms with Crippen LogP contribution in [-0.4, -0.2) is 36.6 Å². The minimum absolute atomic E-state index is 0.222. The average molecular weight is 268 g/mol. The molecule has 0 aromatic heterocycles. The molecule has 0 heterocycles. The first-order chi connectivity index (χ1) is 8.76. The van der Waals surface area contributed by atoms with E-state index in [0.717, 1.165) is 12.6 Å². The third-order valence-electron chi connectivity index (χ3n) is 4.73. The molecule has 0 saturated heterocycles. The maximum absolute atomic E-state index is 3.70. The Kier molecular flexibility index (Phi) is 6.32. The molecule has 1 unspecified atom stereocenters. The lowest BCUT2D eigenvalue weighted by Crippen LogP contribution is -2.48. The lowest BCUT2D eigenvalue weighted by atomic mass is 9.84. The van der Waals surface area contributed by atoms with Crippen molar-refractivity contribution in [1.29, 1.82) is 0 Å². The van der Waals surface area contributed by atoms with Crippen LogP contribution in [0.4, 0.5) is 0 Å². The van der Waals surface area contributed by atoms with Gasteiger partial charge in [-0.05, 0) is 52.5 Å². The van der Waals surface area contributed by atoms with Crippen molar-refractivity contribution in [1.82, 2.24) is 10.2 Å². The molecule has 114 valence electrons. The fourth-order valence-electron chi connectivity index (χ4n) is 3.02. The van der Waals surface area contributed by atoms with Crippen LogP contribution in [0.2, 0.25) is 0 Å². The summed E-state index contributed by atoms with van der Waals surface area (Å²) in [5.41, 5.74) is 0.610. The topological polar surface area (TPSA) is 15.3 Å². The molecule has 2 nitrogen and oxygen atoms in total. The van der Waals surface area contributed by atoms with Crippen molar-refractivity contribution in [2.75, 3.05) is 20.1 Å². The van der Waals surface area contributed by atoms with Gasteiger partial charge in [0.15, 0.2) is 0 Å². The van der Waals surface area contributed by atoms with Crippen molar-refractivity contribution < 1.29 is 0 Å². The summed E-state index contributed by atoms with van der Waals surface area (Å²) < 4.78 is 0. The molecule has 0 aliphatic heterocycles. The zero-order valence-electron chi connectivity index (χ0n) is 14.2. The van der Waals surface area contributed by atoms with Gasteiger partial charge >= 0.3 is 0 Å². The maximum Gasteiger partial charge on any atom is 0.00967 e. The summed E-state index contributed by atoms with van der Waals surface area (Å²) in [7, 11) is 2.33. The second-order valence-corrected chi connectivity index (χ2v) is 7.97. The van der Waals surface area contributed by atoms with E-state index in [1.165, 1.54) is 45.1 Å². The predicted octanol–water partition coefficient (Wildman–Crippen LogP) is 4.06. The van der Waals surface area contributed by atoms with Gasteiger partial charge in [-0.2, -0.15) is 0 Å². The predicted molar refractivity (Wildman–Crippen MR) is 85.7 cm³/mol. The molecule has 0 radical (unpaired) electrons. The fraction of sp³-hybridized carbons (Fsp3) is 1.00. The summed E-state index contributed by atoms with van der Waals surface area (Å²) in [4.78, 5) is 2.63. The molecule has 0 amide bonds. The third-order valence-corrected chi connectivity index (χ3v) is 4.73. The Morgan fingerprint density at radius 1 is 1.05 bits per heavy atom. The van der Waals surface area contributed by atoms with Gasteiger partial charge in [-0.15, -0.1) is 0 Å². The van der Waals surface area contributed by atoms with Crippen LogP contribution in [0.1, 0.15) is 73.1 Å². The quantitative estimate of drug-likeness (QED) is 0.781. The van der Waals surface area contributed by atoms with Crippen LogP contribution in [-0.2, 0) is 0 Å². The molecule has 19 heavy (non-hydrogen) atoms. The van der Waals surface area contributed by atoms with Gasteiger partial charge in [-0.3, -0.25) is 0 Å². The first-order valence-electron chi connectivity index (χ1n) is 8.21. The van der Waals surface area contributed by atoms with Crippen molar-refractivity contribution in [2.45, 2.75) is 84.7 Å². The zero-order valence-corrected chi connectivity index (χ0v) is 14.2. The van der Waals surface area contributed by atoms with Gasteiger partial charge in [0.2, 0.25) is 0 Å². The largest absolute Gasteiger partial charge is 0.311 e. The molecule has 0 aromatic rings. The van der Waals surface area contributed by atoms with E-state index in [1.807, 2.05) is 0 Å². The highest BCUT2D eigenvalue weighted by molar-refractivity contribution is 4.85. The molecule has 1 saturated carbocycles. The molecule has 1 rings (SSSR count). The summed E-state index contributed by atoms with van der Waals surface area (Å²) in [5.74, 6) is 0. The van der Waals surface area contributed by atoms with Gasteiger partial charge in [0.05, 0.1) is 0 Å². The van der Waals surface area contributed by atoms with E-state index in [2.05, 4.69) is 51.9 Å². The van der Waals surface area contributed by atoms with Gasteiger partial charge < -0.3 is 10.2 Å². The smallest absolute Gasteiger partial charge is 0.00967 e. The Balaban J connectivity index is 2.48. The molecule has 0 aromatic carbocycles. The van der Waals surface area contributed by atoms with Crippen LogP contribution < -0.4 is 5.32 Å². The van der Waals surface area contributed by atoms with Crippen LogP contribution in [0.5, 0.6) is 0 Å². The number of rotatable bonds is 6. The van der Waals surface area contributed by atoms with Crippen LogP contribution in [0, 0.1) is 5.41 Å². The van der Waals surface area contributed by atoms with Crippen LogP contribution >= 0.6 is 0 Å². The standard InChI is InChI=1S/C17H36N2/c1-7-17(5,13-18-16(2,3)4)14-19(6)15-11-9-8-10-12-15/h15,18H,7-14H2,1-6H3. The van der Waals surface area contributed by atoms with E-state index in [9.17, 15) is 0 Å². The summed E-state index contributed by atoms with van der Waals surface area (Å²) in [5, 5.41) is 3.70. The zero-order chi connectivity index (χ0) is 14.5. The van der Waals surface area contributed by atoms with Crippen molar-refractivity contribution in [3.05, 3.63) is 0 Å². The lowest BCUT2D eigenvalue weighted by Gasteiger charge is -2.40. The molecule has 0 spiro atoms. The summed E-state index contributed by atoms with van der Waals surface area (Å²) in [6, 6.07) is 0.828. The Labute approximate surface area is 121 Å². The highest BCUT2D eigenvalue weighted by atomic mass is 15.1. The van der Waals surface area contributed by atoms with Crippen LogP contribution in [0.25, 0.3) is 0 Å². The normalized spacial score (nSPS) is 21.6. The van der Waals surface area contributed by atoms with Crippen LogP contribution in [0.3, 0.4) is 0 Å². The maximum atomic E-state index is 3.70. The minimum Gasteiger partial charge on any atom is -0.311 e. The minimum atomic E-state index is 0.222. The van der Waals surface area contributed by atoms with E-state index < -0.39 is 0 Å². The molecule has 1 atom stereocenters. The van der Waals surface area contributed by atoms with E-state index in [4.69, 9.17) is 0 Å². The van der Waals surface area contributed by atoms with Crippen molar-refractivity contribution >= 4 is 0 Å². The van der Waals surface area contributed by atoms with Gasteiger partial charge in [-0.1, -0.05) is 33.1 Å². The third kappa shape index (κ3) is 6.27. The number of nitrogens with zero attached hydrogens (tertiary/aromatic N) is 1. The van der Waals surface area contributed by atoms with Gasteiger partial charge in [0, 0.05) is 24.7 Å². The Morgan fingerprint density at radius 2 is 1.63 bits per heavy atom. The van der Waals surface area contributed by atoms with E-state index >= 15 is 0 Å². The van der Waals surface area contributed by atoms with Gasteiger partial charge in [-0.25, -0.2) is 0 Å². The average Bonchev–Trinajstić information content (AvgIpc) is 2.37. The Morgan fingerprint density at radius 3 is 2.11 bits per heavy atom. The molecular formula is C17H36N2. The first kappa shape index (κ1) is 17.0. The highest BCUT2D eigenvalue weighted by Gasteiger charge is 2.28. The Bertz CT molecular complexity index is 250. The van der Waals surface area contributed by atoms with Gasteiger partial charge in [0.25, 0.3) is 0 Å². The lowest BCUT2D eigenvalue weighted by molar-refractivity contribution is 0.113. The highest BCUT2D eigenvalue weighted by Crippen LogP contribution is 2.27. The van der Waals surface area contributed by atoms with Gasteiger partial charge in [0.1, 0.15) is 0 Å². The summed E-state index contributed by atoms with van der Waals surface area (Å²) in [6.07, 6.45) is 8.36. The molecular weight excluding hydrogens is 232 g/mol. The SMILES string of the molecule is CCC(C)(CNC(C)(C)C)CN(C)C1CCCCC1. The molecule has 0 bridgehead atoms. The number of hydrogen-bond donors (Lipinski definition) is 1. The second-order valence-electron chi connectivity index (χ2n) is 7.97. The molecule has 1 aliphatic rings. The number of hydrogen-bond acceptors (Lipinski definition) is 2. The fourth-order valence-corrected chi connectivity index (χ4v) is 3.02. The molecule has 1 aliphatic carbocycles. The molecule has 1 N–H and O–H groups in total. The van der Waals surface area contributed by atoms with Crippen molar-refractivity contribution in [3.63, 3.8) is 0 Å². The molecule has 1 fully saturated rings. The van der Waals surface area contributed by atoms with Crippen LogP contribution in [0.15, 0.2) is 0 Å². The monoisotopic (exact) mass is 268 g/mol.